The summed E-state index contributed by atoms with van der Waals surface area (Å²) in [5.74, 6) is 0.807. The molecule has 0 radical (unpaired) electrons. The lowest BCUT2D eigenvalue weighted by Crippen LogP contribution is -2.41. The Kier molecular flexibility index (Phi) is 4.30. The van der Waals surface area contributed by atoms with Gasteiger partial charge < -0.3 is 19.9 Å². The maximum absolute atomic E-state index is 9.75. The summed E-state index contributed by atoms with van der Waals surface area (Å²) in [5, 5.41) is 22.9. The van der Waals surface area contributed by atoms with E-state index in [-0.39, 0.29) is 12.6 Å². The standard InChI is InChI=1S/C14H18BrNO3/c1-9(16-7-14(2,18)8-17)13-6-10-5-11(15)3-4-12(10)19-13/h3-6,9,16-18H,7-8H2,1-2H3. The van der Waals surface area contributed by atoms with Crippen molar-refractivity contribution in [2.24, 2.45) is 0 Å². The van der Waals surface area contributed by atoms with Gasteiger partial charge in [-0.3, -0.25) is 0 Å². The largest absolute Gasteiger partial charge is 0.459 e. The van der Waals surface area contributed by atoms with Gasteiger partial charge >= 0.3 is 0 Å². The van der Waals surface area contributed by atoms with Crippen molar-refractivity contribution in [3.63, 3.8) is 0 Å². The molecule has 3 N–H and O–H groups in total. The van der Waals surface area contributed by atoms with E-state index in [0.29, 0.717) is 6.54 Å². The van der Waals surface area contributed by atoms with Crippen molar-refractivity contribution >= 4 is 26.9 Å². The van der Waals surface area contributed by atoms with Crippen LogP contribution in [0.2, 0.25) is 0 Å². The molecule has 5 heteroatoms. The van der Waals surface area contributed by atoms with Crippen LogP contribution in [0.15, 0.2) is 33.2 Å². The molecule has 2 atom stereocenters. The zero-order valence-electron chi connectivity index (χ0n) is 11.0. The molecular formula is C14H18BrNO3. The predicted molar refractivity (Wildman–Crippen MR) is 78.0 cm³/mol. The van der Waals surface area contributed by atoms with Crippen molar-refractivity contribution in [3.8, 4) is 0 Å². The third kappa shape index (κ3) is 3.57. The van der Waals surface area contributed by atoms with Crippen molar-refractivity contribution in [3.05, 3.63) is 34.5 Å². The van der Waals surface area contributed by atoms with E-state index in [9.17, 15) is 5.11 Å². The summed E-state index contributed by atoms with van der Waals surface area (Å²) in [5.41, 5.74) is -0.288. The molecule has 2 aromatic rings. The van der Waals surface area contributed by atoms with Crippen molar-refractivity contribution in [1.29, 1.82) is 0 Å². The summed E-state index contributed by atoms with van der Waals surface area (Å²) in [4.78, 5) is 0. The minimum Gasteiger partial charge on any atom is -0.459 e. The minimum absolute atomic E-state index is 0.0378. The summed E-state index contributed by atoms with van der Waals surface area (Å²) in [6.45, 7) is 3.56. The van der Waals surface area contributed by atoms with Crippen molar-refractivity contribution < 1.29 is 14.6 Å². The molecule has 0 saturated heterocycles. The topological polar surface area (TPSA) is 65.6 Å². The Hall–Kier alpha value is -0.880. The van der Waals surface area contributed by atoms with E-state index < -0.39 is 5.60 Å². The summed E-state index contributed by atoms with van der Waals surface area (Å²) in [6, 6.07) is 7.79. The smallest absolute Gasteiger partial charge is 0.134 e. The number of benzene rings is 1. The number of fused-ring (bicyclic) bond motifs is 1. The number of rotatable bonds is 5. The van der Waals surface area contributed by atoms with Gasteiger partial charge in [0.15, 0.2) is 0 Å². The molecule has 0 aliphatic carbocycles. The summed E-state index contributed by atoms with van der Waals surface area (Å²) in [7, 11) is 0. The number of aliphatic hydroxyl groups excluding tert-OH is 1. The Labute approximate surface area is 120 Å². The Morgan fingerprint density at radius 2 is 2.16 bits per heavy atom. The fourth-order valence-corrected chi connectivity index (χ4v) is 2.16. The molecule has 1 aromatic heterocycles. The lowest BCUT2D eigenvalue weighted by Gasteiger charge is -2.22. The number of hydrogen-bond donors (Lipinski definition) is 3. The fraction of sp³-hybridized carbons (Fsp3) is 0.429. The van der Waals surface area contributed by atoms with Gasteiger partial charge in [-0.25, -0.2) is 0 Å². The second-order valence-corrected chi connectivity index (χ2v) is 6.00. The van der Waals surface area contributed by atoms with Gasteiger partial charge in [-0.2, -0.15) is 0 Å². The van der Waals surface area contributed by atoms with Gasteiger partial charge in [-0.1, -0.05) is 15.9 Å². The van der Waals surface area contributed by atoms with Crippen LogP contribution in [-0.4, -0.2) is 29.0 Å². The van der Waals surface area contributed by atoms with E-state index in [4.69, 9.17) is 9.52 Å². The molecule has 0 fully saturated rings. The number of furan rings is 1. The Bertz CT molecular complexity index is 565. The van der Waals surface area contributed by atoms with Gasteiger partial charge in [-0.15, -0.1) is 0 Å². The molecule has 2 unspecified atom stereocenters. The van der Waals surface area contributed by atoms with Gasteiger partial charge in [0, 0.05) is 16.4 Å². The van der Waals surface area contributed by atoms with E-state index in [1.54, 1.807) is 6.92 Å². The van der Waals surface area contributed by atoms with Crippen molar-refractivity contribution in [1.82, 2.24) is 5.32 Å². The summed E-state index contributed by atoms with van der Waals surface area (Å²) < 4.78 is 6.77. The van der Waals surface area contributed by atoms with Gasteiger partial charge in [-0.05, 0) is 38.1 Å². The molecule has 4 nitrogen and oxygen atoms in total. The maximum Gasteiger partial charge on any atom is 0.134 e. The first-order chi connectivity index (χ1) is 8.91. The van der Waals surface area contributed by atoms with Crippen LogP contribution < -0.4 is 5.32 Å². The van der Waals surface area contributed by atoms with Crippen LogP contribution in [0.1, 0.15) is 25.6 Å². The third-order valence-corrected chi connectivity index (χ3v) is 3.55. The molecule has 104 valence electrons. The number of halogens is 1. The molecular weight excluding hydrogens is 310 g/mol. The van der Waals surface area contributed by atoms with Crippen LogP contribution in [0, 0.1) is 0 Å². The molecule has 1 heterocycles. The van der Waals surface area contributed by atoms with Crippen molar-refractivity contribution in [2.75, 3.05) is 13.2 Å². The summed E-state index contributed by atoms with van der Waals surface area (Å²) >= 11 is 3.43. The Morgan fingerprint density at radius 1 is 1.42 bits per heavy atom. The molecule has 0 saturated carbocycles. The van der Waals surface area contributed by atoms with Crippen LogP contribution in [0.4, 0.5) is 0 Å². The maximum atomic E-state index is 9.75. The lowest BCUT2D eigenvalue weighted by atomic mass is 10.1. The zero-order chi connectivity index (χ0) is 14.0. The van der Waals surface area contributed by atoms with Gasteiger partial charge in [0.25, 0.3) is 0 Å². The first kappa shape index (κ1) is 14.5. The highest BCUT2D eigenvalue weighted by Gasteiger charge is 2.21. The van der Waals surface area contributed by atoms with E-state index in [2.05, 4.69) is 21.2 Å². The third-order valence-electron chi connectivity index (χ3n) is 3.05. The second kappa shape index (κ2) is 5.63. The molecule has 0 bridgehead atoms. The molecule has 0 spiro atoms. The quantitative estimate of drug-likeness (QED) is 0.789. The average molecular weight is 328 g/mol. The highest BCUT2D eigenvalue weighted by molar-refractivity contribution is 9.10. The van der Waals surface area contributed by atoms with Crippen LogP contribution >= 0.6 is 15.9 Å². The second-order valence-electron chi connectivity index (χ2n) is 5.09. The normalized spacial score (nSPS) is 16.5. The van der Waals surface area contributed by atoms with Crippen LogP contribution in [0.3, 0.4) is 0 Å². The number of nitrogens with one attached hydrogen (secondary N) is 1. The van der Waals surface area contributed by atoms with Gasteiger partial charge in [0.1, 0.15) is 11.3 Å². The highest BCUT2D eigenvalue weighted by atomic mass is 79.9. The van der Waals surface area contributed by atoms with E-state index in [0.717, 1.165) is 21.2 Å². The van der Waals surface area contributed by atoms with Gasteiger partial charge in [0.2, 0.25) is 0 Å². The average Bonchev–Trinajstić information content (AvgIpc) is 2.79. The molecule has 0 aliphatic rings. The van der Waals surface area contributed by atoms with E-state index in [1.807, 2.05) is 31.2 Å². The predicted octanol–water partition coefficient (Wildman–Crippen LogP) is 2.59. The molecule has 0 aliphatic heterocycles. The Morgan fingerprint density at radius 3 is 2.84 bits per heavy atom. The fourth-order valence-electron chi connectivity index (χ4n) is 1.78. The molecule has 2 rings (SSSR count). The van der Waals surface area contributed by atoms with Crippen molar-refractivity contribution in [2.45, 2.75) is 25.5 Å². The lowest BCUT2D eigenvalue weighted by molar-refractivity contribution is 0.000684. The van der Waals surface area contributed by atoms with Crippen LogP contribution in [0.25, 0.3) is 11.0 Å². The number of aliphatic hydroxyl groups is 2. The first-order valence-electron chi connectivity index (χ1n) is 6.17. The van der Waals surface area contributed by atoms with Gasteiger partial charge in [0.05, 0.1) is 18.2 Å². The summed E-state index contributed by atoms with van der Waals surface area (Å²) in [6.07, 6.45) is 0. The van der Waals surface area contributed by atoms with Crippen LogP contribution in [-0.2, 0) is 0 Å². The SMILES string of the molecule is CC(NCC(C)(O)CO)c1cc2cc(Br)ccc2o1. The Balaban J connectivity index is 2.11. The highest BCUT2D eigenvalue weighted by Crippen LogP contribution is 2.26. The number of hydrogen-bond acceptors (Lipinski definition) is 4. The molecule has 1 aromatic carbocycles. The van der Waals surface area contributed by atoms with E-state index in [1.165, 1.54) is 0 Å². The monoisotopic (exact) mass is 327 g/mol. The minimum atomic E-state index is -1.12. The first-order valence-corrected chi connectivity index (χ1v) is 6.96. The van der Waals surface area contributed by atoms with E-state index >= 15 is 0 Å². The van der Waals surface area contributed by atoms with Crippen LogP contribution in [0.5, 0.6) is 0 Å². The molecule has 19 heavy (non-hydrogen) atoms. The molecule has 0 amide bonds. The zero-order valence-corrected chi connectivity index (χ0v) is 12.6.